The molecule has 1 saturated carbocycles. The van der Waals surface area contributed by atoms with E-state index in [4.69, 9.17) is 5.73 Å². The fourth-order valence-corrected chi connectivity index (χ4v) is 4.87. The summed E-state index contributed by atoms with van der Waals surface area (Å²) in [5, 5.41) is 0. The van der Waals surface area contributed by atoms with Crippen LogP contribution >= 0.6 is 0 Å². The minimum absolute atomic E-state index is 0.0123. The summed E-state index contributed by atoms with van der Waals surface area (Å²) >= 11 is 0. The number of hydrogen-bond donors (Lipinski definition) is 1. The fraction of sp³-hybridized carbons (Fsp3) is 0.538. The van der Waals surface area contributed by atoms with Gasteiger partial charge in [-0.05, 0) is 36.8 Å². The molecule has 0 bridgehead atoms. The highest BCUT2D eigenvalue weighted by molar-refractivity contribution is 7.89. The molecule has 0 radical (unpaired) electrons. The van der Waals surface area contributed by atoms with Gasteiger partial charge in [-0.15, -0.1) is 0 Å². The summed E-state index contributed by atoms with van der Waals surface area (Å²) in [5.74, 6) is -1.44. The zero-order chi connectivity index (χ0) is 14.5. The number of hydrogen-bond acceptors (Lipinski definition) is 3. The van der Waals surface area contributed by atoms with Crippen molar-refractivity contribution in [1.82, 2.24) is 4.31 Å². The third-order valence-electron chi connectivity index (χ3n) is 4.39. The van der Waals surface area contributed by atoms with Gasteiger partial charge >= 0.3 is 0 Å². The van der Waals surface area contributed by atoms with Crippen LogP contribution < -0.4 is 5.73 Å². The first-order chi connectivity index (χ1) is 9.39. The summed E-state index contributed by atoms with van der Waals surface area (Å²) in [6.45, 7) is 0.697. The van der Waals surface area contributed by atoms with Crippen molar-refractivity contribution in [3.63, 3.8) is 0 Å². The van der Waals surface area contributed by atoms with Crippen molar-refractivity contribution in [3.05, 3.63) is 29.8 Å². The summed E-state index contributed by atoms with van der Waals surface area (Å²) in [7, 11) is -3.92. The number of fused-ring (bicyclic) bond motifs is 1. The smallest absolute Gasteiger partial charge is 0.246 e. The lowest BCUT2D eigenvalue weighted by Crippen LogP contribution is -2.33. The lowest BCUT2D eigenvalue weighted by molar-refractivity contribution is 0.424. The topological polar surface area (TPSA) is 63.4 Å². The Bertz CT molecular complexity index is 635. The third-order valence-corrected chi connectivity index (χ3v) is 6.26. The van der Waals surface area contributed by atoms with E-state index in [9.17, 15) is 17.2 Å². The number of halogens is 2. The van der Waals surface area contributed by atoms with Crippen molar-refractivity contribution >= 4 is 10.0 Å². The average molecular weight is 302 g/mol. The highest BCUT2D eigenvalue weighted by Gasteiger charge is 2.45. The molecule has 1 saturated heterocycles. The van der Waals surface area contributed by atoms with Gasteiger partial charge in [-0.1, -0.05) is 0 Å². The molecule has 0 aromatic heterocycles. The molecule has 110 valence electrons. The Hall–Kier alpha value is -1.05. The Morgan fingerprint density at radius 1 is 1.20 bits per heavy atom. The molecule has 0 spiro atoms. The number of sulfonamides is 1. The molecule has 3 unspecified atom stereocenters. The van der Waals surface area contributed by atoms with Crippen LogP contribution in [0.4, 0.5) is 8.78 Å². The molecule has 1 aromatic rings. The van der Waals surface area contributed by atoms with E-state index in [0.29, 0.717) is 19.2 Å². The molecule has 1 aliphatic carbocycles. The summed E-state index contributed by atoms with van der Waals surface area (Å²) in [6, 6.07) is 2.54. The normalized spacial score (nSPS) is 30.6. The van der Waals surface area contributed by atoms with Crippen molar-refractivity contribution in [3.8, 4) is 0 Å². The zero-order valence-electron chi connectivity index (χ0n) is 10.8. The molecule has 2 fully saturated rings. The lowest BCUT2D eigenvalue weighted by atomic mass is 9.98. The number of nitrogens with zero attached hydrogens (tertiary/aromatic N) is 1. The molecule has 20 heavy (non-hydrogen) atoms. The van der Waals surface area contributed by atoms with Gasteiger partial charge in [0.25, 0.3) is 0 Å². The molecule has 1 aliphatic heterocycles. The first-order valence-corrected chi connectivity index (χ1v) is 8.04. The molecule has 4 nitrogen and oxygen atoms in total. The third kappa shape index (κ3) is 2.13. The van der Waals surface area contributed by atoms with E-state index in [-0.39, 0.29) is 17.9 Å². The predicted molar refractivity (Wildman–Crippen MR) is 69.3 cm³/mol. The Morgan fingerprint density at radius 3 is 2.60 bits per heavy atom. The molecule has 1 aromatic carbocycles. The van der Waals surface area contributed by atoms with Crippen LogP contribution in [0.25, 0.3) is 0 Å². The molecule has 2 N–H and O–H groups in total. The SMILES string of the molecule is NC1CCC2CN(S(=O)(=O)c3ccc(F)cc3F)CC12. The van der Waals surface area contributed by atoms with Crippen molar-refractivity contribution in [1.29, 1.82) is 0 Å². The van der Waals surface area contributed by atoms with Gasteiger partial charge in [0.15, 0.2) is 0 Å². The first kappa shape index (κ1) is 13.9. The molecular weight excluding hydrogens is 286 g/mol. The largest absolute Gasteiger partial charge is 0.327 e. The van der Waals surface area contributed by atoms with Gasteiger partial charge in [0.2, 0.25) is 10.0 Å². The van der Waals surface area contributed by atoms with E-state index in [2.05, 4.69) is 0 Å². The minimum atomic E-state index is -3.92. The highest BCUT2D eigenvalue weighted by Crippen LogP contribution is 2.39. The van der Waals surface area contributed by atoms with Gasteiger partial charge in [0, 0.05) is 25.2 Å². The van der Waals surface area contributed by atoms with Crippen LogP contribution in [0.5, 0.6) is 0 Å². The number of rotatable bonds is 2. The lowest BCUT2D eigenvalue weighted by Gasteiger charge is -2.19. The number of nitrogens with two attached hydrogens (primary N) is 1. The van der Waals surface area contributed by atoms with E-state index in [1.165, 1.54) is 4.31 Å². The Labute approximate surface area is 116 Å². The quantitative estimate of drug-likeness (QED) is 0.896. The van der Waals surface area contributed by atoms with Gasteiger partial charge in [-0.2, -0.15) is 4.31 Å². The molecule has 7 heteroatoms. The van der Waals surface area contributed by atoms with Crippen LogP contribution in [0.3, 0.4) is 0 Å². The maximum Gasteiger partial charge on any atom is 0.246 e. The van der Waals surface area contributed by atoms with Crippen molar-refractivity contribution in [2.45, 2.75) is 23.8 Å². The van der Waals surface area contributed by atoms with E-state index in [1.54, 1.807) is 0 Å². The standard InChI is InChI=1S/C13H16F2N2O2S/c14-9-2-4-13(11(15)5-9)20(18,19)17-6-8-1-3-12(16)10(8)7-17/h2,4-5,8,10,12H,1,3,6-7,16H2. The molecule has 3 rings (SSSR count). The van der Waals surface area contributed by atoms with Crippen LogP contribution in [0.2, 0.25) is 0 Å². The van der Waals surface area contributed by atoms with Gasteiger partial charge in [0.1, 0.15) is 16.5 Å². The highest BCUT2D eigenvalue weighted by atomic mass is 32.2. The van der Waals surface area contributed by atoms with E-state index >= 15 is 0 Å². The van der Waals surface area contributed by atoms with Crippen LogP contribution in [0, 0.1) is 23.5 Å². The zero-order valence-corrected chi connectivity index (χ0v) is 11.6. The first-order valence-electron chi connectivity index (χ1n) is 6.60. The van der Waals surface area contributed by atoms with Gasteiger partial charge < -0.3 is 5.73 Å². The molecular formula is C13H16F2N2O2S. The van der Waals surface area contributed by atoms with Crippen molar-refractivity contribution in [2.75, 3.05) is 13.1 Å². The van der Waals surface area contributed by atoms with Gasteiger partial charge in [0.05, 0.1) is 0 Å². The van der Waals surface area contributed by atoms with E-state index < -0.39 is 26.6 Å². The molecule has 2 aliphatic rings. The van der Waals surface area contributed by atoms with Crippen LogP contribution in [0.15, 0.2) is 23.1 Å². The van der Waals surface area contributed by atoms with Crippen molar-refractivity contribution in [2.24, 2.45) is 17.6 Å². The van der Waals surface area contributed by atoms with Crippen LogP contribution in [-0.4, -0.2) is 31.9 Å². The minimum Gasteiger partial charge on any atom is -0.327 e. The summed E-state index contributed by atoms with van der Waals surface area (Å²) < 4.78 is 52.7. The molecule has 3 atom stereocenters. The monoisotopic (exact) mass is 302 g/mol. The second kappa shape index (κ2) is 4.75. The summed E-state index contributed by atoms with van der Waals surface area (Å²) in [6.07, 6.45) is 1.82. The molecule has 1 heterocycles. The van der Waals surface area contributed by atoms with E-state index in [0.717, 1.165) is 25.0 Å². The van der Waals surface area contributed by atoms with Crippen molar-refractivity contribution < 1.29 is 17.2 Å². The summed E-state index contributed by atoms with van der Waals surface area (Å²) in [4.78, 5) is -0.465. The van der Waals surface area contributed by atoms with Crippen LogP contribution in [-0.2, 0) is 10.0 Å². The molecule has 0 amide bonds. The maximum absolute atomic E-state index is 13.7. The predicted octanol–water partition coefficient (Wildman–Crippen LogP) is 1.32. The Kier molecular flexibility index (Phi) is 3.30. The Balaban J connectivity index is 1.90. The second-order valence-electron chi connectivity index (χ2n) is 5.56. The second-order valence-corrected chi connectivity index (χ2v) is 7.47. The van der Waals surface area contributed by atoms with Gasteiger partial charge in [-0.3, -0.25) is 0 Å². The van der Waals surface area contributed by atoms with Crippen LogP contribution in [0.1, 0.15) is 12.8 Å². The number of benzene rings is 1. The van der Waals surface area contributed by atoms with E-state index in [1.807, 2.05) is 0 Å². The fourth-order valence-electron chi connectivity index (χ4n) is 3.29. The maximum atomic E-state index is 13.7. The Morgan fingerprint density at radius 2 is 1.95 bits per heavy atom. The van der Waals surface area contributed by atoms with Gasteiger partial charge in [-0.25, -0.2) is 17.2 Å². The summed E-state index contributed by atoms with van der Waals surface area (Å²) in [5.41, 5.74) is 5.97. The average Bonchev–Trinajstić information content (AvgIpc) is 2.92.